The van der Waals surface area contributed by atoms with Crippen LogP contribution in [0.3, 0.4) is 0 Å². The van der Waals surface area contributed by atoms with Crippen molar-refractivity contribution in [1.82, 2.24) is 9.80 Å². The summed E-state index contributed by atoms with van der Waals surface area (Å²) in [4.78, 5) is 28.7. The van der Waals surface area contributed by atoms with Crippen molar-refractivity contribution in [1.29, 1.82) is 0 Å². The molecule has 1 saturated carbocycles. The fourth-order valence-corrected chi connectivity index (χ4v) is 4.52. The molecule has 0 bridgehead atoms. The predicted octanol–water partition coefficient (Wildman–Crippen LogP) is 3.23. The highest BCUT2D eigenvalue weighted by molar-refractivity contribution is 5.81. The van der Waals surface area contributed by atoms with Gasteiger partial charge < -0.3 is 9.80 Å². The summed E-state index contributed by atoms with van der Waals surface area (Å²) >= 11 is 0. The van der Waals surface area contributed by atoms with E-state index in [2.05, 4.69) is 22.1 Å². The number of carbonyl (C=O) groups is 2. The molecular weight excluding hydrogens is 300 g/mol. The van der Waals surface area contributed by atoms with Gasteiger partial charge in [0.05, 0.1) is 0 Å². The quantitative estimate of drug-likeness (QED) is 0.776. The van der Waals surface area contributed by atoms with Crippen molar-refractivity contribution in [3.63, 3.8) is 0 Å². The third-order valence-corrected chi connectivity index (χ3v) is 6.30. The Morgan fingerprint density at radius 3 is 2.21 bits per heavy atom. The second-order valence-corrected chi connectivity index (χ2v) is 7.93. The van der Waals surface area contributed by atoms with Crippen LogP contribution in [0.4, 0.5) is 0 Å². The van der Waals surface area contributed by atoms with Gasteiger partial charge >= 0.3 is 0 Å². The van der Waals surface area contributed by atoms with E-state index in [4.69, 9.17) is 0 Å². The van der Waals surface area contributed by atoms with E-state index in [9.17, 15) is 9.59 Å². The van der Waals surface area contributed by atoms with Crippen molar-refractivity contribution in [2.24, 2.45) is 17.8 Å². The highest BCUT2D eigenvalue weighted by Gasteiger charge is 2.32. The number of rotatable bonds is 5. The van der Waals surface area contributed by atoms with Crippen LogP contribution in [0.2, 0.25) is 0 Å². The summed E-state index contributed by atoms with van der Waals surface area (Å²) in [5.74, 6) is 1.82. The van der Waals surface area contributed by atoms with Gasteiger partial charge in [-0.3, -0.25) is 9.59 Å². The largest absolute Gasteiger partial charge is 0.377 e. The van der Waals surface area contributed by atoms with Gasteiger partial charge in [0.15, 0.2) is 0 Å². The third kappa shape index (κ3) is 4.40. The molecule has 3 rings (SSSR count). The summed E-state index contributed by atoms with van der Waals surface area (Å²) in [6.45, 7) is 5.91. The summed E-state index contributed by atoms with van der Waals surface area (Å²) in [5, 5.41) is 0. The number of hydrogen-bond acceptors (Lipinski definition) is 3. The molecule has 3 aliphatic rings. The number of likely N-dealkylation sites (tertiary alicyclic amines) is 1. The summed E-state index contributed by atoms with van der Waals surface area (Å²) in [7, 11) is 0. The molecule has 0 aromatic carbocycles. The van der Waals surface area contributed by atoms with Crippen LogP contribution in [-0.2, 0) is 9.59 Å². The van der Waals surface area contributed by atoms with Gasteiger partial charge in [-0.05, 0) is 70.4 Å². The predicted molar refractivity (Wildman–Crippen MR) is 95.4 cm³/mol. The van der Waals surface area contributed by atoms with Crippen molar-refractivity contribution in [2.75, 3.05) is 26.2 Å². The number of ketones is 1. The third-order valence-electron chi connectivity index (χ3n) is 6.30. The molecule has 2 fully saturated rings. The van der Waals surface area contributed by atoms with Crippen LogP contribution in [-0.4, -0.2) is 47.7 Å². The lowest BCUT2D eigenvalue weighted by molar-refractivity contribution is -0.139. The monoisotopic (exact) mass is 332 g/mol. The van der Waals surface area contributed by atoms with Crippen LogP contribution >= 0.6 is 0 Å². The Hall–Kier alpha value is -1.32. The molecule has 4 nitrogen and oxygen atoms in total. The Morgan fingerprint density at radius 1 is 0.958 bits per heavy atom. The molecule has 1 amide bonds. The fourth-order valence-electron chi connectivity index (χ4n) is 4.52. The Bertz CT molecular complexity index is 472. The fraction of sp³-hybridized carbons (Fsp3) is 0.800. The summed E-state index contributed by atoms with van der Waals surface area (Å²) < 4.78 is 0. The first-order chi connectivity index (χ1) is 11.6. The summed E-state index contributed by atoms with van der Waals surface area (Å²) in [6, 6.07) is 0. The average molecular weight is 332 g/mol. The zero-order valence-corrected chi connectivity index (χ0v) is 15.1. The molecule has 24 heavy (non-hydrogen) atoms. The van der Waals surface area contributed by atoms with Crippen molar-refractivity contribution in [2.45, 2.75) is 58.3 Å². The normalized spacial score (nSPS) is 28.4. The molecule has 0 spiro atoms. The Kier molecular flexibility index (Phi) is 5.96. The number of nitrogens with zero attached hydrogens (tertiary/aromatic N) is 2. The van der Waals surface area contributed by atoms with Gasteiger partial charge in [-0.2, -0.15) is 0 Å². The molecule has 0 atom stereocenters. The molecule has 134 valence electrons. The van der Waals surface area contributed by atoms with Crippen molar-refractivity contribution in [3.05, 3.63) is 12.3 Å². The molecule has 2 aliphatic heterocycles. The smallest absolute Gasteiger partial charge is 0.225 e. The Labute approximate surface area is 146 Å². The standard InChI is InChI=1S/C20H32N2O2/c1-16(23)18-4-6-19(7-5-18)20(24)22-14-9-17(10-15-22)8-13-21-11-2-3-12-21/h2,11,17-19H,3-10,12-15H2,1H3. The molecule has 4 heteroatoms. The van der Waals surface area contributed by atoms with Gasteiger partial charge in [-0.15, -0.1) is 0 Å². The van der Waals surface area contributed by atoms with Gasteiger partial charge in [0.1, 0.15) is 5.78 Å². The SMILES string of the molecule is CC(=O)C1CCC(C(=O)N2CCC(CCN3C=CCC3)CC2)CC1. The number of carbonyl (C=O) groups excluding carboxylic acids is 2. The van der Waals surface area contributed by atoms with Gasteiger partial charge in [-0.25, -0.2) is 0 Å². The van der Waals surface area contributed by atoms with Crippen LogP contribution in [0.15, 0.2) is 12.3 Å². The Morgan fingerprint density at radius 2 is 1.62 bits per heavy atom. The maximum atomic E-state index is 12.7. The van der Waals surface area contributed by atoms with Gasteiger partial charge in [0.25, 0.3) is 0 Å². The molecular formula is C20H32N2O2. The van der Waals surface area contributed by atoms with Crippen LogP contribution in [0.25, 0.3) is 0 Å². The summed E-state index contributed by atoms with van der Waals surface area (Å²) in [5.41, 5.74) is 0. The van der Waals surface area contributed by atoms with E-state index in [0.29, 0.717) is 11.7 Å². The molecule has 0 aromatic rings. The van der Waals surface area contributed by atoms with Gasteiger partial charge in [-0.1, -0.05) is 6.08 Å². The van der Waals surface area contributed by atoms with Crippen LogP contribution in [0, 0.1) is 17.8 Å². The number of piperidine rings is 1. The second kappa shape index (κ2) is 8.17. The maximum absolute atomic E-state index is 12.7. The lowest BCUT2D eigenvalue weighted by Gasteiger charge is -2.36. The van der Waals surface area contributed by atoms with E-state index in [1.165, 1.54) is 25.9 Å². The minimum atomic E-state index is 0.173. The van der Waals surface area contributed by atoms with Crippen molar-refractivity contribution < 1.29 is 9.59 Å². The molecule has 0 radical (unpaired) electrons. The summed E-state index contributed by atoms with van der Waals surface area (Å²) in [6.07, 6.45) is 12.9. The minimum absolute atomic E-state index is 0.173. The highest BCUT2D eigenvalue weighted by atomic mass is 16.2. The van der Waals surface area contributed by atoms with Gasteiger partial charge in [0.2, 0.25) is 5.91 Å². The molecule has 1 aliphatic carbocycles. The van der Waals surface area contributed by atoms with E-state index in [-0.39, 0.29) is 11.8 Å². The Balaban J connectivity index is 1.37. The van der Waals surface area contributed by atoms with E-state index in [0.717, 1.165) is 57.5 Å². The van der Waals surface area contributed by atoms with Crippen molar-refractivity contribution in [3.8, 4) is 0 Å². The maximum Gasteiger partial charge on any atom is 0.225 e. The molecule has 0 N–H and O–H groups in total. The zero-order chi connectivity index (χ0) is 16.9. The average Bonchev–Trinajstić information content (AvgIpc) is 3.13. The topological polar surface area (TPSA) is 40.6 Å². The first-order valence-corrected chi connectivity index (χ1v) is 9.83. The van der Waals surface area contributed by atoms with Crippen LogP contribution < -0.4 is 0 Å². The van der Waals surface area contributed by atoms with E-state index in [1.54, 1.807) is 6.92 Å². The molecule has 2 heterocycles. The molecule has 0 unspecified atom stereocenters. The van der Waals surface area contributed by atoms with Crippen molar-refractivity contribution >= 4 is 11.7 Å². The number of Topliss-reactive ketones (excluding diaryl/α,β-unsaturated/α-hetero) is 1. The lowest BCUT2D eigenvalue weighted by atomic mass is 9.79. The van der Waals surface area contributed by atoms with E-state index in [1.807, 2.05) is 0 Å². The van der Waals surface area contributed by atoms with E-state index < -0.39 is 0 Å². The first-order valence-electron chi connectivity index (χ1n) is 9.83. The lowest BCUT2D eigenvalue weighted by Crippen LogP contribution is -2.43. The number of amides is 1. The van der Waals surface area contributed by atoms with Crippen LogP contribution in [0.5, 0.6) is 0 Å². The minimum Gasteiger partial charge on any atom is -0.377 e. The first kappa shape index (κ1) is 17.5. The van der Waals surface area contributed by atoms with Crippen LogP contribution in [0.1, 0.15) is 58.3 Å². The zero-order valence-electron chi connectivity index (χ0n) is 15.1. The molecule has 1 saturated heterocycles. The molecule has 0 aromatic heterocycles. The highest BCUT2D eigenvalue weighted by Crippen LogP contribution is 2.32. The second-order valence-electron chi connectivity index (χ2n) is 7.93. The van der Waals surface area contributed by atoms with E-state index >= 15 is 0 Å². The van der Waals surface area contributed by atoms with Gasteiger partial charge in [0, 0.05) is 38.0 Å². The number of hydrogen-bond donors (Lipinski definition) is 0.